The molecular weight excluding hydrogens is 555 g/mol. The molecule has 4 aromatic carbocycles. The number of Topliss-reactive ketones (excluding diaryl/α,β-unsaturated/α-hetero) is 1. The molecule has 200 valence electrons. The van der Waals surface area contributed by atoms with Gasteiger partial charge in [0.15, 0.2) is 15.9 Å². The number of furan rings is 1. The fourth-order valence-corrected chi connectivity index (χ4v) is 7.00. The Morgan fingerprint density at radius 3 is 2.46 bits per heavy atom. The molecule has 7 rings (SSSR count). The molecule has 1 atom stereocenters. The van der Waals surface area contributed by atoms with Crippen LogP contribution in [0.1, 0.15) is 27.7 Å². The van der Waals surface area contributed by atoms with Crippen molar-refractivity contribution in [2.75, 3.05) is 4.90 Å². The first kappa shape index (κ1) is 25.3. The molecule has 1 aliphatic rings. The zero-order valence-corrected chi connectivity index (χ0v) is 23.1. The first-order valence-electron chi connectivity index (χ1n) is 12.9. The highest BCUT2D eigenvalue weighted by Crippen LogP contribution is 2.44. The largest absolute Gasteiger partial charge is 0.503 e. The number of carbonyl (C=O) groups excluding carboxylic acids is 2. The van der Waals surface area contributed by atoms with E-state index in [0.717, 1.165) is 5.39 Å². The van der Waals surface area contributed by atoms with Crippen LogP contribution in [-0.2, 0) is 10.5 Å². The molecule has 1 N–H and O–H groups in total. The number of amides is 1. The fourth-order valence-electron chi connectivity index (χ4n) is 5.13. The minimum absolute atomic E-state index is 0.0481. The third-order valence-electron chi connectivity index (χ3n) is 7.05. The normalized spacial score (nSPS) is 15.4. The predicted molar refractivity (Wildman–Crippen MR) is 160 cm³/mol. The van der Waals surface area contributed by atoms with Crippen molar-refractivity contribution in [2.45, 2.75) is 16.1 Å². The molecule has 0 saturated heterocycles. The lowest BCUT2D eigenvalue weighted by Crippen LogP contribution is -2.31. The number of aliphatic hydroxyl groups is 1. The van der Waals surface area contributed by atoms with Gasteiger partial charge in [-0.25, -0.2) is 0 Å². The van der Waals surface area contributed by atoms with Crippen molar-refractivity contribution >= 4 is 61.7 Å². The van der Waals surface area contributed by atoms with E-state index in [1.807, 2.05) is 66.7 Å². The number of benzene rings is 4. The summed E-state index contributed by atoms with van der Waals surface area (Å²) in [4.78, 5) is 28.6. The number of rotatable bonds is 7. The zero-order valence-electron chi connectivity index (χ0n) is 21.4. The monoisotopic (exact) mass is 575 g/mol. The Balaban J connectivity index is 1.22. The van der Waals surface area contributed by atoms with Crippen LogP contribution in [0.3, 0.4) is 0 Å². The molecule has 1 amide bonds. The molecule has 0 spiro atoms. The van der Waals surface area contributed by atoms with E-state index in [2.05, 4.69) is 34.5 Å². The molecule has 0 aliphatic carbocycles. The highest BCUT2D eigenvalue weighted by atomic mass is 32.2. The SMILES string of the molecule is O=C(C1=C(O)C(=O)N(c2nnc(SCc3cccc4ccccc34)s2)[C@H]1c1ccccc1)c1cc2ccccc2o1. The number of nitrogens with zero attached hydrogens (tertiary/aromatic N) is 3. The summed E-state index contributed by atoms with van der Waals surface area (Å²) in [7, 11) is 0. The summed E-state index contributed by atoms with van der Waals surface area (Å²) >= 11 is 2.77. The second-order valence-corrected chi connectivity index (χ2v) is 11.7. The molecule has 41 heavy (non-hydrogen) atoms. The van der Waals surface area contributed by atoms with Gasteiger partial charge in [-0.15, -0.1) is 10.2 Å². The predicted octanol–water partition coefficient (Wildman–Crippen LogP) is 7.51. The number of thioether (sulfide) groups is 1. The van der Waals surface area contributed by atoms with Crippen molar-refractivity contribution in [3.8, 4) is 0 Å². The minimum Gasteiger partial charge on any atom is -0.503 e. The highest BCUT2D eigenvalue weighted by Gasteiger charge is 2.46. The Morgan fingerprint density at radius 2 is 1.63 bits per heavy atom. The first-order chi connectivity index (χ1) is 20.1. The first-order valence-corrected chi connectivity index (χ1v) is 14.7. The Bertz CT molecular complexity index is 1940. The van der Waals surface area contributed by atoms with E-state index in [9.17, 15) is 14.7 Å². The van der Waals surface area contributed by atoms with Gasteiger partial charge in [-0.05, 0) is 34.0 Å². The van der Waals surface area contributed by atoms with Gasteiger partial charge in [-0.2, -0.15) is 0 Å². The van der Waals surface area contributed by atoms with E-state index in [1.165, 1.54) is 44.3 Å². The van der Waals surface area contributed by atoms with Crippen LogP contribution in [0.5, 0.6) is 0 Å². The second kappa shape index (κ2) is 10.3. The minimum atomic E-state index is -0.895. The van der Waals surface area contributed by atoms with Crippen LogP contribution in [0.2, 0.25) is 0 Å². The van der Waals surface area contributed by atoms with Crippen molar-refractivity contribution in [2.24, 2.45) is 0 Å². The maximum atomic E-state index is 13.8. The Labute approximate surface area is 242 Å². The second-order valence-electron chi connectivity index (χ2n) is 9.51. The van der Waals surface area contributed by atoms with Gasteiger partial charge >= 0.3 is 0 Å². The maximum Gasteiger partial charge on any atom is 0.296 e. The molecule has 7 nitrogen and oxygen atoms in total. The number of para-hydroxylation sites is 1. The van der Waals surface area contributed by atoms with Crippen LogP contribution in [0.25, 0.3) is 21.7 Å². The number of aliphatic hydroxyl groups excluding tert-OH is 1. The summed E-state index contributed by atoms with van der Waals surface area (Å²) in [6, 6.07) is 31.5. The average Bonchev–Trinajstić information content (AvgIpc) is 3.72. The molecule has 0 bridgehead atoms. The van der Waals surface area contributed by atoms with E-state index in [4.69, 9.17) is 4.42 Å². The van der Waals surface area contributed by atoms with Crippen molar-refractivity contribution < 1.29 is 19.1 Å². The van der Waals surface area contributed by atoms with Gasteiger partial charge in [0, 0.05) is 11.1 Å². The van der Waals surface area contributed by atoms with Crippen LogP contribution in [-0.4, -0.2) is 27.0 Å². The number of anilines is 1. The number of carbonyl (C=O) groups is 2. The number of hydrogen-bond acceptors (Lipinski definition) is 8. The van der Waals surface area contributed by atoms with E-state index >= 15 is 0 Å². The van der Waals surface area contributed by atoms with E-state index in [1.54, 1.807) is 12.1 Å². The van der Waals surface area contributed by atoms with E-state index < -0.39 is 23.5 Å². The van der Waals surface area contributed by atoms with Crippen molar-refractivity contribution in [1.82, 2.24) is 10.2 Å². The summed E-state index contributed by atoms with van der Waals surface area (Å²) < 4.78 is 6.48. The van der Waals surface area contributed by atoms with Gasteiger partial charge < -0.3 is 9.52 Å². The van der Waals surface area contributed by atoms with Crippen molar-refractivity contribution in [3.05, 3.63) is 131 Å². The summed E-state index contributed by atoms with van der Waals surface area (Å²) in [5, 5.41) is 23.1. The lowest BCUT2D eigenvalue weighted by Gasteiger charge is -2.23. The van der Waals surface area contributed by atoms with Gasteiger partial charge in [0.05, 0.1) is 11.6 Å². The topological polar surface area (TPSA) is 96.5 Å². The summed E-state index contributed by atoms with van der Waals surface area (Å²) in [5.41, 5.74) is 2.32. The molecule has 6 aromatic rings. The summed E-state index contributed by atoms with van der Waals surface area (Å²) in [5.74, 6) is -1.17. The molecule has 1 aliphatic heterocycles. The standard InChI is InChI=1S/C32H21N3O4S2/c36-28(25-17-21-12-5-7-16-24(21)39-25)26-27(20-10-2-1-3-11-20)35(30(38)29(26)37)31-33-34-32(41-31)40-18-22-14-8-13-19-9-4-6-15-23(19)22/h1-17,27,37H,18H2/t27-/m0/s1. The van der Waals surface area contributed by atoms with Crippen LogP contribution in [0, 0.1) is 0 Å². The molecular formula is C32H21N3O4S2. The molecule has 9 heteroatoms. The van der Waals surface area contributed by atoms with E-state index in [0.29, 0.717) is 26.4 Å². The lowest BCUT2D eigenvalue weighted by atomic mass is 9.95. The van der Waals surface area contributed by atoms with Crippen LogP contribution in [0.4, 0.5) is 5.13 Å². The van der Waals surface area contributed by atoms with Gasteiger partial charge in [-0.3, -0.25) is 14.5 Å². The number of ketones is 1. The summed E-state index contributed by atoms with van der Waals surface area (Å²) in [6.45, 7) is 0. The number of aromatic nitrogens is 2. The molecule has 0 fully saturated rings. The van der Waals surface area contributed by atoms with Crippen LogP contribution < -0.4 is 4.90 Å². The fraction of sp³-hybridized carbons (Fsp3) is 0.0625. The third kappa shape index (κ3) is 4.49. The maximum absolute atomic E-state index is 13.8. The number of fused-ring (bicyclic) bond motifs is 2. The Kier molecular flexibility index (Phi) is 6.37. The molecule has 0 saturated carbocycles. The molecule has 3 heterocycles. The summed E-state index contributed by atoms with van der Waals surface area (Å²) in [6.07, 6.45) is 0. The average molecular weight is 576 g/mol. The van der Waals surface area contributed by atoms with E-state index in [-0.39, 0.29) is 11.3 Å². The van der Waals surface area contributed by atoms with Crippen LogP contribution in [0.15, 0.2) is 123 Å². The van der Waals surface area contributed by atoms with Gasteiger partial charge in [0.2, 0.25) is 10.9 Å². The Hall–Kier alpha value is -4.73. The van der Waals surface area contributed by atoms with Gasteiger partial charge in [0.25, 0.3) is 5.91 Å². The van der Waals surface area contributed by atoms with Crippen molar-refractivity contribution in [1.29, 1.82) is 0 Å². The Morgan fingerprint density at radius 1 is 0.902 bits per heavy atom. The molecule has 0 unspecified atom stereocenters. The zero-order chi connectivity index (χ0) is 27.9. The van der Waals surface area contributed by atoms with Crippen molar-refractivity contribution in [3.63, 3.8) is 0 Å². The molecule has 0 radical (unpaired) electrons. The third-order valence-corrected chi connectivity index (χ3v) is 9.16. The molecule has 2 aromatic heterocycles. The quantitative estimate of drug-likeness (QED) is 0.120. The van der Waals surface area contributed by atoms with Gasteiger partial charge in [-0.1, -0.05) is 114 Å². The van der Waals surface area contributed by atoms with Gasteiger partial charge in [0.1, 0.15) is 5.58 Å². The number of hydrogen-bond donors (Lipinski definition) is 1. The smallest absolute Gasteiger partial charge is 0.296 e. The lowest BCUT2D eigenvalue weighted by molar-refractivity contribution is -0.117. The van der Waals surface area contributed by atoms with Crippen LogP contribution >= 0.6 is 23.1 Å². The highest BCUT2D eigenvalue weighted by molar-refractivity contribution is 8.00.